The molecule has 1 amide bonds. The van der Waals surface area contributed by atoms with E-state index in [1.54, 1.807) is 4.90 Å². The molecule has 0 radical (unpaired) electrons. The summed E-state index contributed by atoms with van der Waals surface area (Å²) in [6.45, 7) is 2.92. The number of piperazine rings is 1. The third kappa shape index (κ3) is 3.34. The van der Waals surface area contributed by atoms with Crippen molar-refractivity contribution >= 4 is 17.5 Å². The standard InChI is InChI=1S/C12H14ClFN2O2/c13-10-7-9(1-2-11(10)14)18-8-12(17)16-5-3-15-4-6-16/h1-2,7,15H,3-6,8H2. The van der Waals surface area contributed by atoms with Gasteiger partial charge in [-0.2, -0.15) is 0 Å². The SMILES string of the molecule is O=C(COc1ccc(F)c(Cl)c1)N1CCNCC1. The molecule has 0 aromatic heterocycles. The monoisotopic (exact) mass is 272 g/mol. The van der Waals surface area contributed by atoms with Crippen LogP contribution in [-0.2, 0) is 4.79 Å². The van der Waals surface area contributed by atoms with E-state index < -0.39 is 5.82 Å². The van der Waals surface area contributed by atoms with Crippen LogP contribution in [0, 0.1) is 5.82 Å². The number of rotatable bonds is 3. The maximum Gasteiger partial charge on any atom is 0.260 e. The quantitative estimate of drug-likeness (QED) is 0.902. The van der Waals surface area contributed by atoms with Gasteiger partial charge in [0.25, 0.3) is 5.91 Å². The second-order valence-corrected chi connectivity index (χ2v) is 4.40. The van der Waals surface area contributed by atoms with Crippen molar-refractivity contribution in [3.8, 4) is 5.75 Å². The largest absolute Gasteiger partial charge is 0.484 e. The van der Waals surface area contributed by atoms with Crippen molar-refractivity contribution in [2.75, 3.05) is 32.8 Å². The number of hydrogen-bond acceptors (Lipinski definition) is 3. The Morgan fingerprint density at radius 1 is 1.44 bits per heavy atom. The second kappa shape index (κ2) is 6.02. The summed E-state index contributed by atoms with van der Waals surface area (Å²) in [6.07, 6.45) is 0. The Labute approximate surface area is 110 Å². The zero-order chi connectivity index (χ0) is 13.0. The molecule has 0 unspecified atom stereocenters. The first-order chi connectivity index (χ1) is 8.66. The highest BCUT2D eigenvalue weighted by Gasteiger charge is 2.16. The summed E-state index contributed by atoms with van der Waals surface area (Å²) in [4.78, 5) is 13.5. The van der Waals surface area contributed by atoms with Crippen LogP contribution in [0.15, 0.2) is 18.2 Å². The average Bonchev–Trinajstić information content (AvgIpc) is 2.41. The van der Waals surface area contributed by atoms with E-state index in [9.17, 15) is 9.18 Å². The lowest BCUT2D eigenvalue weighted by atomic mass is 10.3. The van der Waals surface area contributed by atoms with Gasteiger partial charge in [0.15, 0.2) is 6.61 Å². The van der Waals surface area contributed by atoms with Gasteiger partial charge in [-0.25, -0.2) is 4.39 Å². The lowest BCUT2D eigenvalue weighted by Crippen LogP contribution is -2.47. The fourth-order valence-electron chi connectivity index (χ4n) is 1.72. The first-order valence-corrected chi connectivity index (χ1v) is 6.11. The maximum absolute atomic E-state index is 12.9. The molecule has 18 heavy (non-hydrogen) atoms. The zero-order valence-corrected chi connectivity index (χ0v) is 10.5. The molecule has 1 aromatic rings. The Morgan fingerprint density at radius 2 is 2.17 bits per heavy atom. The van der Waals surface area contributed by atoms with E-state index in [2.05, 4.69) is 5.32 Å². The van der Waals surface area contributed by atoms with Gasteiger partial charge < -0.3 is 15.0 Å². The summed E-state index contributed by atoms with van der Waals surface area (Å²) in [7, 11) is 0. The molecule has 6 heteroatoms. The molecule has 0 bridgehead atoms. The summed E-state index contributed by atoms with van der Waals surface area (Å²) in [5.41, 5.74) is 0. The molecule has 2 rings (SSSR count). The van der Waals surface area contributed by atoms with Gasteiger partial charge in [0, 0.05) is 32.2 Å². The van der Waals surface area contributed by atoms with E-state index in [0.29, 0.717) is 18.8 Å². The van der Waals surface area contributed by atoms with Crippen LogP contribution in [0.4, 0.5) is 4.39 Å². The molecule has 0 saturated carbocycles. The molecule has 1 aromatic carbocycles. The highest BCUT2D eigenvalue weighted by atomic mass is 35.5. The highest BCUT2D eigenvalue weighted by molar-refractivity contribution is 6.30. The molecule has 1 aliphatic heterocycles. The van der Waals surface area contributed by atoms with E-state index in [4.69, 9.17) is 16.3 Å². The first-order valence-electron chi connectivity index (χ1n) is 5.73. The second-order valence-electron chi connectivity index (χ2n) is 4.00. The van der Waals surface area contributed by atoms with E-state index in [1.807, 2.05) is 0 Å². The van der Waals surface area contributed by atoms with Crippen LogP contribution in [0.25, 0.3) is 0 Å². The van der Waals surface area contributed by atoms with Crippen molar-refractivity contribution in [2.24, 2.45) is 0 Å². The Kier molecular flexibility index (Phi) is 4.38. The van der Waals surface area contributed by atoms with Crippen LogP contribution in [-0.4, -0.2) is 43.6 Å². The lowest BCUT2D eigenvalue weighted by molar-refractivity contribution is -0.133. The minimum absolute atomic E-state index is 0.0119. The molecular formula is C12H14ClFN2O2. The average molecular weight is 273 g/mol. The molecule has 1 saturated heterocycles. The van der Waals surface area contributed by atoms with E-state index in [-0.39, 0.29) is 17.5 Å². The molecule has 98 valence electrons. The Balaban J connectivity index is 1.86. The third-order valence-electron chi connectivity index (χ3n) is 2.72. The van der Waals surface area contributed by atoms with Gasteiger partial charge >= 0.3 is 0 Å². The number of ether oxygens (including phenoxy) is 1. The number of carbonyl (C=O) groups is 1. The predicted molar refractivity (Wildman–Crippen MR) is 66.4 cm³/mol. The topological polar surface area (TPSA) is 41.6 Å². The zero-order valence-electron chi connectivity index (χ0n) is 9.79. The van der Waals surface area contributed by atoms with Gasteiger partial charge in [-0.05, 0) is 12.1 Å². The summed E-state index contributed by atoms with van der Waals surface area (Å²) >= 11 is 5.62. The highest BCUT2D eigenvalue weighted by Crippen LogP contribution is 2.21. The van der Waals surface area contributed by atoms with Gasteiger partial charge in [0.2, 0.25) is 0 Å². The Hall–Kier alpha value is -1.33. The molecule has 1 heterocycles. The lowest BCUT2D eigenvalue weighted by Gasteiger charge is -2.27. The van der Waals surface area contributed by atoms with Crippen LogP contribution >= 0.6 is 11.6 Å². The molecule has 0 spiro atoms. The molecule has 1 aliphatic rings. The smallest absolute Gasteiger partial charge is 0.260 e. The molecule has 1 N–H and O–H groups in total. The molecule has 4 nitrogen and oxygen atoms in total. The number of hydrogen-bond donors (Lipinski definition) is 1. The summed E-state index contributed by atoms with van der Waals surface area (Å²) in [6, 6.07) is 4.03. The van der Waals surface area contributed by atoms with E-state index in [1.165, 1.54) is 18.2 Å². The Morgan fingerprint density at radius 3 is 2.83 bits per heavy atom. The van der Waals surface area contributed by atoms with Gasteiger partial charge in [-0.1, -0.05) is 11.6 Å². The maximum atomic E-state index is 12.9. The van der Waals surface area contributed by atoms with Gasteiger partial charge in [-0.3, -0.25) is 4.79 Å². The molecule has 0 aliphatic carbocycles. The van der Waals surface area contributed by atoms with Crippen LogP contribution < -0.4 is 10.1 Å². The summed E-state index contributed by atoms with van der Waals surface area (Å²) < 4.78 is 18.2. The van der Waals surface area contributed by atoms with Crippen LogP contribution in [0.1, 0.15) is 0 Å². The van der Waals surface area contributed by atoms with Crippen molar-refractivity contribution < 1.29 is 13.9 Å². The number of nitrogens with one attached hydrogen (secondary N) is 1. The number of nitrogens with zero attached hydrogens (tertiary/aromatic N) is 1. The first kappa shape index (κ1) is 13.1. The number of amides is 1. The fourth-order valence-corrected chi connectivity index (χ4v) is 1.89. The molecule has 0 atom stereocenters. The minimum Gasteiger partial charge on any atom is -0.484 e. The molecular weight excluding hydrogens is 259 g/mol. The van der Waals surface area contributed by atoms with Crippen LogP contribution in [0.5, 0.6) is 5.75 Å². The summed E-state index contributed by atoms with van der Waals surface area (Å²) in [5, 5.41) is 3.15. The van der Waals surface area contributed by atoms with Crippen molar-refractivity contribution in [2.45, 2.75) is 0 Å². The minimum atomic E-state index is -0.502. The Bertz CT molecular complexity index is 436. The predicted octanol–water partition coefficient (Wildman–Crippen LogP) is 1.29. The third-order valence-corrected chi connectivity index (χ3v) is 3.01. The van der Waals surface area contributed by atoms with Crippen molar-refractivity contribution in [1.82, 2.24) is 10.2 Å². The number of halogens is 2. The van der Waals surface area contributed by atoms with Crippen LogP contribution in [0.2, 0.25) is 5.02 Å². The van der Waals surface area contributed by atoms with E-state index in [0.717, 1.165) is 13.1 Å². The van der Waals surface area contributed by atoms with Gasteiger partial charge in [-0.15, -0.1) is 0 Å². The molecule has 1 fully saturated rings. The van der Waals surface area contributed by atoms with E-state index >= 15 is 0 Å². The number of benzene rings is 1. The van der Waals surface area contributed by atoms with Gasteiger partial charge in [0.1, 0.15) is 11.6 Å². The number of carbonyl (C=O) groups excluding carboxylic acids is 1. The fraction of sp³-hybridized carbons (Fsp3) is 0.417. The van der Waals surface area contributed by atoms with Crippen molar-refractivity contribution in [3.05, 3.63) is 29.0 Å². The van der Waals surface area contributed by atoms with Crippen molar-refractivity contribution in [3.63, 3.8) is 0 Å². The van der Waals surface area contributed by atoms with Gasteiger partial charge in [0.05, 0.1) is 5.02 Å². The summed E-state index contributed by atoms with van der Waals surface area (Å²) in [5.74, 6) is -0.181. The normalized spacial score (nSPS) is 15.6. The van der Waals surface area contributed by atoms with Crippen LogP contribution in [0.3, 0.4) is 0 Å². The van der Waals surface area contributed by atoms with Crippen molar-refractivity contribution in [1.29, 1.82) is 0 Å².